The first-order valence-corrected chi connectivity index (χ1v) is 7.39. The monoisotopic (exact) mass is 349 g/mol. The molecule has 0 fully saturated rings. The fourth-order valence-electron chi connectivity index (χ4n) is 2.46. The molecule has 0 aliphatic carbocycles. The van der Waals surface area contributed by atoms with E-state index in [1.807, 2.05) is 0 Å². The summed E-state index contributed by atoms with van der Waals surface area (Å²) in [7, 11) is 0. The van der Waals surface area contributed by atoms with Gasteiger partial charge in [0.15, 0.2) is 0 Å². The largest absolute Gasteiger partial charge is 0.384 e. The van der Waals surface area contributed by atoms with Gasteiger partial charge in [-0.1, -0.05) is 28.1 Å². The zero-order valence-corrected chi connectivity index (χ0v) is 12.7. The number of aliphatic hydroxyl groups excluding tert-OH is 1. The number of fused-ring (bicyclic) bond motifs is 1. The van der Waals surface area contributed by atoms with E-state index in [2.05, 4.69) is 21.2 Å². The van der Waals surface area contributed by atoms with Gasteiger partial charge in [0, 0.05) is 22.1 Å². The number of hydrogen-bond donors (Lipinski definition) is 2. The van der Waals surface area contributed by atoms with Crippen LogP contribution >= 0.6 is 15.9 Å². The molecule has 1 atom stereocenters. The molecule has 0 aromatic heterocycles. The Morgan fingerprint density at radius 2 is 1.90 bits per heavy atom. The number of benzene rings is 2. The third-order valence-corrected chi connectivity index (χ3v) is 4.13. The van der Waals surface area contributed by atoms with Gasteiger partial charge in [-0.15, -0.1) is 0 Å². The summed E-state index contributed by atoms with van der Waals surface area (Å²) in [6.45, 7) is 0. The van der Waals surface area contributed by atoms with Crippen LogP contribution in [0.3, 0.4) is 0 Å². The molecule has 3 rings (SSSR count). The highest BCUT2D eigenvalue weighted by Gasteiger charge is 2.21. The zero-order chi connectivity index (χ0) is 15.0. The van der Waals surface area contributed by atoms with Crippen molar-refractivity contribution in [3.8, 4) is 0 Å². The number of anilines is 1. The quantitative estimate of drug-likeness (QED) is 0.870. The lowest BCUT2D eigenvalue weighted by atomic mass is 9.95. The molecule has 2 aromatic carbocycles. The van der Waals surface area contributed by atoms with Gasteiger partial charge in [0.05, 0.1) is 0 Å². The maximum Gasteiger partial charge on any atom is 0.224 e. The molecule has 0 saturated carbocycles. The Kier molecular flexibility index (Phi) is 3.78. The Morgan fingerprint density at radius 1 is 1.19 bits per heavy atom. The normalized spacial score (nSPS) is 15.3. The van der Waals surface area contributed by atoms with Gasteiger partial charge < -0.3 is 10.4 Å². The Hall–Kier alpha value is -1.72. The maximum absolute atomic E-state index is 14.2. The van der Waals surface area contributed by atoms with E-state index in [0.29, 0.717) is 24.1 Å². The molecule has 0 saturated heterocycles. The van der Waals surface area contributed by atoms with Crippen molar-refractivity contribution in [2.75, 3.05) is 5.32 Å². The van der Waals surface area contributed by atoms with Crippen LogP contribution in [0.4, 0.5) is 10.1 Å². The van der Waals surface area contributed by atoms with Crippen molar-refractivity contribution in [1.82, 2.24) is 0 Å². The lowest BCUT2D eigenvalue weighted by molar-refractivity contribution is -0.116. The molecule has 1 amide bonds. The minimum Gasteiger partial charge on any atom is -0.384 e. The van der Waals surface area contributed by atoms with Gasteiger partial charge in [0.1, 0.15) is 11.9 Å². The highest BCUT2D eigenvalue weighted by molar-refractivity contribution is 9.10. The summed E-state index contributed by atoms with van der Waals surface area (Å²) in [4.78, 5) is 11.3. The van der Waals surface area contributed by atoms with E-state index in [1.54, 1.807) is 30.3 Å². The van der Waals surface area contributed by atoms with E-state index in [-0.39, 0.29) is 11.5 Å². The molecule has 1 heterocycles. The van der Waals surface area contributed by atoms with Gasteiger partial charge in [-0.25, -0.2) is 4.39 Å². The number of hydrogen-bond acceptors (Lipinski definition) is 2. The fourth-order valence-corrected chi connectivity index (χ4v) is 2.72. The van der Waals surface area contributed by atoms with Crippen molar-refractivity contribution in [3.63, 3.8) is 0 Å². The van der Waals surface area contributed by atoms with Crippen LogP contribution in [0.5, 0.6) is 0 Å². The molecular weight excluding hydrogens is 337 g/mol. The first kappa shape index (κ1) is 14.2. The molecule has 21 heavy (non-hydrogen) atoms. The van der Waals surface area contributed by atoms with Crippen molar-refractivity contribution in [2.45, 2.75) is 18.9 Å². The molecule has 3 nitrogen and oxygen atoms in total. The van der Waals surface area contributed by atoms with Crippen LogP contribution < -0.4 is 5.32 Å². The van der Waals surface area contributed by atoms with Gasteiger partial charge >= 0.3 is 0 Å². The molecule has 0 spiro atoms. The predicted octanol–water partition coefficient (Wildman–Crippen LogP) is 3.55. The van der Waals surface area contributed by atoms with Crippen LogP contribution in [0.2, 0.25) is 0 Å². The number of halogens is 2. The molecule has 1 unspecified atom stereocenters. The number of carbonyl (C=O) groups is 1. The average Bonchev–Trinajstić information content (AvgIpc) is 2.46. The number of amides is 1. The van der Waals surface area contributed by atoms with Crippen LogP contribution in [0, 0.1) is 5.82 Å². The summed E-state index contributed by atoms with van der Waals surface area (Å²) in [5.74, 6) is -0.630. The van der Waals surface area contributed by atoms with Crippen molar-refractivity contribution < 1.29 is 14.3 Å². The highest BCUT2D eigenvalue weighted by atomic mass is 79.9. The molecule has 2 aromatic rings. The summed E-state index contributed by atoms with van der Waals surface area (Å²) in [6, 6.07) is 10.0. The number of carbonyl (C=O) groups excluding carboxylic acids is 1. The SMILES string of the molecule is O=C1CCc2cc(C(O)c3ccc(Br)cc3)c(F)cc2N1. The van der Waals surface area contributed by atoms with E-state index in [4.69, 9.17) is 0 Å². The molecule has 108 valence electrons. The van der Waals surface area contributed by atoms with E-state index in [0.717, 1.165) is 10.0 Å². The van der Waals surface area contributed by atoms with Crippen LogP contribution in [-0.2, 0) is 11.2 Å². The topological polar surface area (TPSA) is 49.3 Å². The average molecular weight is 350 g/mol. The van der Waals surface area contributed by atoms with Gasteiger partial charge in [0.25, 0.3) is 0 Å². The molecule has 2 N–H and O–H groups in total. The van der Waals surface area contributed by atoms with Gasteiger partial charge in [-0.2, -0.15) is 0 Å². The number of nitrogens with one attached hydrogen (secondary N) is 1. The van der Waals surface area contributed by atoms with E-state index < -0.39 is 11.9 Å². The lowest BCUT2D eigenvalue weighted by Gasteiger charge is -2.20. The second-order valence-corrected chi connectivity index (χ2v) is 5.95. The molecular formula is C16H13BrFNO2. The van der Waals surface area contributed by atoms with Crippen molar-refractivity contribution in [3.05, 3.63) is 63.4 Å². The van der Waals surface area contributed by atoms with Crippen LogP contribution in [0.15, 0.2) is 40.9 Å². The van der Waals surface area contributed by atoms with Crippen molar-refractivity contribution in [1.29, 1.82) is 0 Å². The summed E-state index contributed by atoms with van der Waals surface area (Å²) >= 11 is 3.32. The summed E-state index contributed by atoms with van der Waals surface area (Å²) < 4.78 is 15.1. The van der Waals surface area contributed by atoms with Gasteiger partial charge in [-0.3, -0.25) is 4.79 Å². The van der Waals surface area contributed by atoms with E-state index >= 15 is 0 Å². The van der Waals surface area contributed by atoms with Crippen molar-refractivity contribution in [2.24, 2.45) is 0 Å². The first-order valence-electron chi connectivity index (χ1n) is 6.60. The second-order valence-electron chi connectivity index (χ2n) is 5.03. The first-order chi connectivity index (χ1) is 10.0. The minimum absolute atomic E-state index is 0.108. The smallest absolute Gasteiger partial charge is 0.224 e. The summed E-state index contributed by atoms with van der Waals surface area (Å²) in [5.41, 5.74) is 2.20. The van der Waals surface area contributed by atoms with Crippen LogP contribution in [-0.4, -0.2) is 11.0 Å². The molecule has 1 aliphatic heterocycles. The predicted molar refractivity (Wildman–Crippen MR) is 81.6 cm³/mol. The van der Waals surface area contributed by atoms with Crippen LogP contribution in [0.1, 0.15) is 29.2 Å². The standard InChI is InChI=1S/C16H13BrFNO2/c17-11-4-1-9(2-5-11)16(21)12-7-10-3-6-15(20)19-14(10)8-13(12)18/h1-2,4-5,7-8,16,21H,3,6H2,(H,19,20). The van der Waals surface area contributed by atoms with Gasteiger partial charge in [0.2, 0.25) is 5.91 Å². The molecule has 1 aliphatic rings. The number of rotatable bonds is 2. The Balaban J connectivity index is 1.98. The Bertz CT molecular complexity index is 700. The second kappa shape index (κ2) is 5.58. The number of aliphatic hydroxyl groups is 1. The van der Waals surface area contributed by atoms with Gasteiger partial charge in [-0.05, 0) is 41.8 Å². The highest BCUT2D eigenvalue weighted by Crippen LogP contribution is 2.31. The molecule has 0 radical (unpaired) electrons. The van der Waals surface area contributed by atoms with E-state index in [9.17, 15) is 14.3 Å². The summed E-state index contributed by atoms with van der Waals surface area (Å²) in [5, 5.41) is 13.0. The molecule has 0 bridgehead atoms. The van der Waals surface area contributed by atoms with E-state index in [1.165, 1.54) is 6.07 Å². The zero-order valence-electron chi connectivity index (χ0n) is 11.1. The van der Waals surface area contributed by atoms with Crippen LogP contribution in [0.25, 0.3) is 0 Å². The van der Waals surface area contributed by atoms with Crippen molar-refractivity contribution >= 4 is 27.5 Å². The third-order valence-electron chi connectivity index (χ3n) is 3.60. The Morgan fingerprint density at radius 3 is 2.62 bits per heavy atom. The number of aryl methyl sites for hydroxylation is 1. The fraction of sp³-hybridized carbons (Fsp3) is 0.188. The minimum atomic E-state index is -1.03. The maximum atomic E-state index is 14.2. The molecule has 5 heteroatoms. The lowest BCUT2D eigenvalue weighted by Crippen LogP contribution is -2.20. The third kappa shape index (κ3) is 2.84. The Labute approximate surface area is 129 Å². The summed E-state index contributed by atoms with van der Waals surface area (Å²) in [6.07, 6.45) is -0.0884.